The average Bonchev–Trinajstić information content (AvgIpc) is 2.22. The number of carbonyl (C=O) groups is 2. The van der Waals surface area contributed by atoms with Crippen LogP contribution in [0.15, 0.2) is 18.2 Å². The molecule has 0 aromatic heterocycles. The van der Waals surface area contributed by atoms with Crippen LogP contribution in [-0.2, 0) is 16.0 Å². The van der Waals surface area contributed by atoms with E-state index in [1.807, 2.05) is 0 Å². The number of halogens is 2. The molecule has 0 saturated heterocycles. The maximum atomic E-state index is 11.5. The van der Waals surface area contributed by atoms with E-state index >= 15 is 0 Å². The third-order valence-corrected chi connectivity index (χ3v) is 2.70. The molecule has 0 unspecified atom stereocenters. The first kappa shape index (κ1) is 13.8. The second-order valence-corrected chi connectivity index (χ2v) is 4.38. The van der Waals surface area contributed by atoms with Crippen molar-refractivity contribution in [1.29, 1.82) is 0 Å². The minimum Gasteiger partial charge on any atom is -0.480 e. The molecule has 1 atom stereocenters. The van der Waals surface area contributed by atoms with Gasteiger partial charge in [-0.3, -0.25) is 9.59 Å². The summed E-state index contributed by atoms with van der Waals surface area (Å²) in [5.41, 5.74) is 0.603. The summed E-state index contributed by atoms with van der Waals surface area (Å²) < 4.78 is 0. The maximum Gasteiger partial charge on any atom is 0.325 e. The lowest BCUT2D eigenvalue weighted by Gasteiger charge is -2.10. The first-order valence-corrected chi connectivity index (χ1v) is 5.62. The highest BCUT2D eigenvalue weighted by Crippen LogP contribution is 2.21. The van der Waals surface area contributed by atoms with E-state index in [0.29, 0.717) is 15.6 Å². The molecule has 1 amide bonds. The Morgan fingerprint density at radius 2 is 2.06 bits per heavy atom. The number of nitrogens with one attached hydrogen (secondary N) is 1. The zero-order chi connectivity index (χ0) is 13.0. The van der Waals surface area contributed by atoms with Gasteiger partial charge in [0.15, 0.2) is 0 Å². The molecule has 0 bridgehead atoms. The van der Waals surface area contributed by atoms with E-state index in [1.54, 1.807) is 12.1 Å². The van der Waals surface area contributed by atoms with Gasteiger partial charge in [0.2, 0.25) is 5.91 Å². The highest BCUT2D eigenvalue weighted by Gasteiger charge is 2.15. The second kappa shape index (κ2) is 5.89. The molecular weight excluding hydrogens is 265 g/mol. The molecule has 0 heterocycles. The molecule has 0 fully saturated rings. The number of aliphatic carboxylic acids is 1. The minimum atomic E-state index is -1.08. The molecule has 2 N–H and O–H groups in total. The molecule has 4 nitrogen and oxygen atoms in total. The van der Waals surface area contributed by atoms with Gasteiger partial charge in [0.25, 0.3) is 0 Å². The quantitative estimate of drug-likeness (QED) is 0.885. The van der Waals surface area contributed by atoms with Gasteiger partial charge in [-0.1, -0.05) is 29.3 Å². The van der Waals surface area contributed by atoms with Crippen LogP contribution in [0, 0.1) is 0 Å². The van der Waals surface area contributed by atoms with Crippen molar-refractivity contribution in [2.45, 2.75) is 19.4 Å². The van der Waals surface area contributed by atoms with E-state index in [2.05, 4.69) is 5.32 Å². The van der Waals surface area contributed by atoms with E-state index in [9.17, 15) is 9.59 Å². The van der Waals surface area contributed by atoms with Gasteiger partial charge < -0.3 is 10.4 Å². The molecular formula is C11H11Cl2NO3. The van der Waals surface area contributed by atoms with E-state index in [-0.39, 0.29) is 6.42 Å². The Morgan fingerprint density at radius 1 is 1.41 bits per heavy atom. The van der Waals surface area contributed by atoms with Crippen LogP contribution in [0.1, 0.15) is 12.5 Å². The Labute approximate surface area is 109 Å². The van der Waals surface area contributed by atoms with Crippen LogP contribution in [0.25, 0.3) is 0 Å². The number of carboxylic acids is 1. The Bertz CT molecular complexity index is 448. The van der Waals surface area contributed by atoms with E-state index in [0.717, 1.165) is 0 Å². The summed E-state index contributed by atoms with van der Waals surface area (Å²) in [7, 11) is 0. The van der Waals surface area contributed by atoms with Gasteiger partial charge in [-0.15, -0.1) is 0 Å². The highest BCUT2D eigenvalue weighted by atomic mass is 35.5. The maximum absolute atomic E-state index is 11.5. The molecule has 0 aliphatic rings. The number of rotatable bonds is 4. The smallest absolute Gasteiger partial charge is 0.325 e. The van der Waals surface area contributed by atoms with Gasteiger partial charge in [0, 0.05) is 10.0 Å². The molecule has 0 aliphatic carbocycles. The molecule has 0 saturated carbocycles. The fourth-order valence-corrected chi connectivity index (χ4v) is 1.67. The third kappa shape index (κ3) is 4.24. The molecule has 1 aromatic rings. The van der Waals surface area contributed by atoms with Gasteiger partial charge in [-0.25, -0.2) is 0 Å². The van der Waals surface area contributed by atoms with Crippen molar-refractivity contribution < 1.29 is 14.7 Å². The normalized spacial score (nSPS) is 11.9. The topological polar surface area (TPSA) is 66.4 Å². The van der Waals surface area contributed by atoms with E-state index in [4.69, 9.17) is 28.3 Å². The summed E-state index contributed by atoms with van der Waals surface area (Å²) in [5.74, 6) is -1.48. The number of hydrogen-bond acceptors (Lipinski definition) is 2. The molecule has 1 rings (SSSR count). The third-order valence-electron chi connectivity index (χ3n) is 2.11. The number of carbonyl (C=O) groups excluding carboxylic acids is 1. The van der Waals surface area contributed by atoms with Crippen molar-refractivity contribution in [2.24, 2.45) is 0 Å². The number of amides is 1. The zero-order valence-electron chi connectivity index (χ0n) is 9.04. The lowest BCUT2D eigenvalue weighted by atomic mass is 10.1. The number of benzene rings is 1. The number of carboxylic acid groups (broad SMARTS) is 1. The summed E-state index contributed by atoms with van der Waals surface area (Å²) in [6.45, 7) is 1.39. The molecule has 1 aromatic carbocycles. The fourth-order valence-electron chi connectivity index (χ4n) is 1.19. The van der Waals surface area contributed by atoms with Crippen LogP contribution in [0.4, 0.5) is 0 Å². The number of hydrogen-bond donors (Lipinski definition) is 2. The SMILES string of the molecule is C[C@H](NC(=O)Cc1ccc(Cl)cc1Cl)C(=O)O. The molecule has 6 heteroatoms. The first-order valence-electron chi connectivity index (χ1n) is 4.86. The Hall–Kier alpha value is -1.26. The summed E-state index contributed by atoms with van der Waals surface area (Å²) in [5, 5.41) is 11.8. The Morgan fingerprint density at radius 3 is 2.59 bits per heavy atom. The van der Waals surface area contributed by atoms with Crippen LogP contribution >= 0.6 is 23.2 Å². The van der Waals surface area contributed by atoms with Gasteiger partial charge in [-0.2, -0.15) is 0 Å². The van der Waals surface area contributed by atoms with Crippen molar-refractivity contribution in [1.82, 2.24) is 5.32 Å². The van der Waals surface area contributed by atoms with Crippen LogP contribution in [0.3, 0.4) is 0 Å². The average molecular weight is 276 g/mol. The Balaban J connectivity index is 2.65. The standard InChI is InChI=1S/C11H11Cl2NO3/c1-6(11(16)17)14-10(15)4-7-2-3-8(12)5-9(7)13/h2-3,5-6H,4H2,1H3,(H,14,15)(H,16,17)/t6-/m0/s1. The van der Waals surface area contributed by atoms with Crippen LogP contribution < -0.4 is 5.32 Å². The summed E-state index contributed by atoms with van der Waals surface area (Å²) in [6.07, 6.45) is 0.0215. The van der Waals surface area contributed by atoms with E-state index < -0.39 is 17.9 Å². The predicted octanol–water partition coefficient (Wildman–Crippen LogP) is 2.13. The van der Waals surface area contributed by atoms with Crippen molar-refractivity contribution in [3.63, 3.8) is 0 Å². The lowest BCUT2D eigenvalue weighted by molar-refractivity contribution is -0.141. The van der Waals surface area contributed by atoms with Gasteiger partial charge in [0.05, 0.1) is 6.42 Å². The van der Waals surface area contributed by atoms with E-state index in [1.165, 1.54) is 13.0 Å². The first-order chi connectivity index (χ1) is 7.90. The Kier molecular flexibility index (Phi) is 4.78. The van der Waals surface area contributed by atoms with Crippen LogP contribution in [0.2, 0.25) is 10.0 Å². The van der Waals surface area contributed by atoms with Crippen molar-refractivity contribution >= 4 is 35.1 Å². The zero-order valence-corrected chi connectivity index (χ0v) is 10.5. The summed E-state index contributed by atoms with van der Waals surface area (Å²) in [6, 6.07) is 3.87. The van der Waals surface area contributed by atoms with Gasteiger partial charge in [-0.05, 0) is 24.6 Å². The lowest BCUT2D eigenvalue weighted by Crippen LogP contribution is -2.39. The van der Waals surface area contributed by atoms with Crippen LogP contribution in [0.5, 0.6) is 0 Å². The summed E-state index contributed by atoms with van der Waals surface area (Å²) in [4.78, 5) is 22.0. The molecule has 0 spiro atoms. The van der Waals surface area contributed by atoms with Crippen molar-refractivity contribution in [2.75, 3.05) is 0 Å². The fraction of sp³-hybridized carbons (Fsp3) is 0.273. The highest BCUT2D eigenvalue weighted by molar-refractivity contribution is 6.35. The van der Waals surface area contributed by atoms with Crippen molar-refractivity contribution in [3.8, 4) is 0 Å². The largest absolute Gasteiger partial charge is 0.480 e. The molecule has 0 radical (unpaired) electrons. The van der Waals surface area contributed by atoms with Crippen LogP contribution in [-0.4, -0.2) is 23.0 Å². The monoisotopic (exact) mass is 275 g/mol. The minimum absolute atomic E-state index is 0.0215. The van der Waals surface area contributed by atoms with Gasteiger partial charge in [0.1, 0.15) is 6.04 Å². The van der Waals surface area contributed by atoms with Gasteiger partial charge >= 0.3 is 5.97 Å². The molecule has 0 aliphatic heterocycles. The second-order valence-electron chi connectivity index (χ2n) is 3.54. The summed E-state index contributed by atoms with van der Waals surface area (Å²) >= 11 is 11.6. The molecule has 17 heavy (non-hydrogen) atoms. The predicted molar refractivity (Wildman–Crippen MR) is 65.4 cm³/mol. The molecule has 92 valence electrons. The van der Waals surface area contributed by atoms with Crippen molar-refractivity contribution in [3.05, 3.63) is 33.8 Å².